The largest absolute Gasteiger partial charge is 0.456 e. The van der Waals surface area contributed by atoms with E-state index in [2.05, 4.69) is 185 Å². The molecule has 3 aromatic heterocycles. The second kappa shape index (κ2) is 11.5. The number of para-hydroxylation sites is 4. The number of hydrogen-bond acceptors (Lipinski definition) is 3. The lowest BCUT2D eigenvalue weighted by molar-refractivity contribution is 0.669. The van der Waals surface area contributed by atoms with Crippen molar-refractivity contribution in [1.82, 2.24) is 4.57 Å². The van der Waals surface area contributed by atoms with Gasteiger partial charge in [0.05, 0.1) is 11.0 Å². The molecular weight excluding hydrogens is 653 g/mol. The lowest BCUT2D eigenvalue weighted by Crippen LogP contribution is -2.10. The van der Waals surface area contributed by atoms with Crippen LogP contribution in [-0.4, -0.2) is 4.57 Å². The molecule has 0 N–H and O–H groups in total. The van der Waals surface area contributed by atoms with Gasteiger partial charge in [-0.05, 0) is 83.9 Å². The molecule has 3 nitrogen and oxygen atoms in total. The van der Waals surface area contributed by atoms with Gasteiger partial charge >= 0.3 is 0 Å². The van der Waals surface area contributed by atoms with Crippen molar-refractivity contribution in [3.05, 3.63) is 182 Å². The molecule has 3 heterocycles. The van der Waals surface area contributed by atoms with Crippen LogP contribution in [0.4, 0.5) is 17.1 Å². The van der Waals surface area contributed by atoms with Crippen molar-refractivity contribution < 1.29 is 4.42 Å². The summed E-state index contributed by atoms with van der Waals surface area (Å²) >= 11 is 1.87. The van der Waals surface area contributed by atoms with Crippen LogP contribution in [0.15, 0.2) is 186 Å². The number of benzene rings is 8. The number of anilines is 3. The highest BCUT2D eigenvalue weighted by atomic mass is 32.1. The summed E-state index contributed by atoms with van der Waals surface area (Å²) in [5.41, 5.74) is 10.9. The molecule has 0 saturated carbocycles. The molecule has 0 atom stereocenters. The van der Waals surface area contributed by atoms with Gasteiger partial charge < -0.3 is 13.9 Å². The van der Waals surface area contributed by atoms with Gasteiger partial charge in [-0.1, -0.05) is 109 Å². The van der Waals surface area contributed by atoms with E-state index in [1.165, 1.54) is 42.1 Å². The predicted molar refractivity (Wildman–Crippen MR) is 221 cm³/mol. The van der Waals surface area contributed by atoms with Gasteiger partial charge in [-0.2, -0.15) is 0 Å². The van der Waals surface area contributed by atoms with Crippen molar-refractivity contribution in [3.8, 4) is 16.8 Å². The SMILES string of the molecule is c1ccc(N(c2ccccc2)c2cc(-c3cccc4c3sc3ccccc34)cc(-n3c4ccccc4c4c5c(ccc43)oc3ccccc35)c2)cc1. The average Bonchev–Trinajstić information content (AvgIpc) is 3.88. The zero-order valence-corrected chi connectivity index (χ0v) is 28.8. The molecule has 0 bridgehead atoms. The third kappa shape index (κ3) is 4.38. The summed E-state index contributed by atoms with van der Waals surface area (Å²) in [4.78, 5) is 2.37. The minimum Gasteiger partial charge on any atom is -0.456 e. The van der Waals surface area contributed by atoms with Crippen molar-refractivity contribution in [3.63, 3.8) is 0 Å². The molecule has 0 saturated heterocycles. The van der Waals surface area contributed by atoms with Crippen LogP contribution in [0.25, 0.3) is 80.7 Å². The van der Waals surface area contributed by atoms with Gasteiger partial charge in [0.15, 0.2) is 0 Å². The molecule has 244 valence electrons. The van der Waals surface area contributed by atoms with Crippen molar-refractivity contribution in [2.75, 3.05) is 4.90 Å². The van der Waals surface area contributed by atoms with Crippen LogP contribution < -0.4 is 4.90 Å². The highest BCUT2D eigenvalue weighted by molar-refractivity contribution is 7.26. The van der Waals surface area contributed by atoms with E-state index in [0.717, 1.165) is 55.7 Å². The topological polar surface area (TPSA) is 21.3 Å². The summed E-state index contributed by atoms with van der Waals surface area (Å²) in [5.74, 6) is 0. The van der Waals surface area contributed by atoms with Crippen LogP contribution in [0.1, 0.15) is 0 Å². The lowest BCUT2D eigenvalue weighted by Gasteiger charge is -2.27. The van der Waals surface area contributed by atoms with Crippen LogP contribution in [0, 0.1) is 0 Å². The van der Waals surface area contributed by atoms with E-state index in [4.69, 9.17) is 4.42 Å². The molecule has 4 heteroatoms. The Kier molecular flexibility index (Phi) is 6.42. The summed E-state index contributed by atoms with van der Waals surface area (Å²) in [6.45, 7) is 0. The maximum Gasteiger partial charge on any atom is 0.136 e. The minimum absolute atomic E-state index is 0.904. The predicted octanol–water partition coefficient (Wildman–Crippen LogP) is 14.2. The number of furan rings is 1. The van der Waals surface area contributed by atoms with Gasteiger partial charge in [-0.3, -0.25) is 0 Å². The van der Waals surface area contributed by atoms with Gasteiger partial charge in [-0.15, -0.1) is 11.3 Å². The van der Waals surface area contributed by atoms with E-state index in [9.17, 15) is 0 Å². The minimum atomic E-state index is 0.904. The Morgan fingerprint density at radius 3 is 1.92 bits per heavy atom. The molecule has 0 radical (unpaired) electrons. The third-order valence-corrected chi connectivity index (χ3v) is 11.6. The van der Waals surface area contributed by atoms with E-state index in [1.807, 2.05) is 17.4 Å². The molecule has 11 aromatic rings. The molecule has 0 aliphatic carbocycles. The maximum absolute atomic E-state index is 6.40. The van der Waals surface area contributed by atoms with Gasteiger partial charge in [-0.25, -0.2) is 0 Å². The van der Waals surface area contributed by atoms with Crippen LogP contribution in [-0.2, 0) is 0 Å². The smallest absolute Gasteiger partial charge is 0.136 e. The first-order chi connectivity index (χ1) is 25.8. The summed E-state index contributed by atoms with van der Waals surface area (Å²) in [7, 11) is 0. The molecule has 0 amide bonds. The van der Waals surface area contributed by atoms with Gasteiger partial charge in [0.1, 0.15) is 11.2 Å². The maximum atomic E-state index is 6.40. The van der Waals surface area contributed by atoms with E-state index in [-0.39, 0.29) is 0 Å². The van der Waals surface area contributed by atoms with Crippen LogP contribution in [0.3, 0.4) is 0 Å². The van der Waals surface area contributed by atoms with Crippen molar-refractivity contribution >= 4 is 92.3 Å². The molecule has 0 aliphatic rings. The first-order valence-corrected chi connectivity index (χ1v) is 18.4. The zero-order chi connectivity index (χ0) is 34.2. The monoisotopic (exact) mass is 682 g/mol. The number of fused-ring (bicyclic) bond motifs is 10. The van der Waals surface area contributed by atoms with E-state index in [0.29, 0.717) is 0 Å². The van der Waals surface area contributed by atoms with E-state index in [1.54, 1.807) is 0 Å². The van der Waals surface area contributed by atoms with Gasteiger partial charge in [0.25, 0.3) is 0 Å². The molecule has 11 rings (SSSR count). The first kappa shape index (κ1) is 29.1. The first-order valence-electron chi connectivity index (χ1n) is 17.6. The van der Waals surface area contributed by atoms with Crippen molar-refractivity contribution in [1.29, 1.82) is 0 Å². The fourth-order valence-corrected chi connectivity index (χ4v) is 9.38. The fourth-order valence-electron chi connectivity index (χ4n) is 8.14. The average molecular weight is 683 g/mol. The number of rotatable bonds is 5. The van der Waals surface area contributed by atoms with Crippen LogP contribution in [0.2, 0.25) is 0 Å². The Labute approximate surface area is 303 Å². The highest BCUT2D eigenvalue weighted by Crippen LogP contribution is 2.46. The molecule has 0 unspecified atom stereocenters. The fraction of sp³-hybridized carbons (Fsp3) is 0. The van der Waals surface area contributed by atoms with Crippen molar-refractivity contribution in [2.24, 2.45) is 0 Å². The lowest BCUT2D eigenvalue weighted by atomic mass is 10.0. The summed E-state index contributed by atoms with van der Waals surface area (Å²) < 4.78 is 11.4. The molecule has 52 heavy (non-hydrogen) atoms. The summed E-state index contributed by atoms with van der Waals surface area (Å²) in [6, 6.07) is 65.5. The number of aromatic nitrogens is 1. The second-order valence-electron chi connectivity index (χ2n) is 13.3. The molecule has 8 aromatic carbocycles. The van der Waals surface area contributed by atoms with E-state index < -0.39 is 0 Å². The Bertz CT molecular complexity index is 3090. The quantitative estimate of drug-likeness (QED) is 0.180. The number of nitrogens with zero attached hydrogens (tertiary/aromatic N) is 2. The zero-order valence-electron chi connectivity index (χ0n) is 28.0. The molecule has 0 fully saturated rings. The highest BCUT2D eigenvalue weighted by Gasteiger charge is 2.22. The van der Waals surface area contributed by atoms with E-state index >= 15 is 0 Å². The Balaban J connectivity index is 1.26. The Hall–Kier alpha value is -6.62. The standard InChI is InChI=1S/C48H30N2OS/c1-3-14-32(15-4-1)49(33-16-5-2-6-17-33)34-28-31(36-21-13-22-38-37-18-9-12-25-45(37)52-48(36)38)29-35(30-34)50-41-23-10-7-19-39(41)46-42(50)26-27-44-47(46)40-20-8-11-24-43(40)51-44/h1-30H. The molecule has 0 aliphatic heterocycles. The van der Waals surface area contributed by atoms with Gasteiger partial charge in [0.2, 0.25) is 0 Å². The van der Waals surface area contributed by atoms with Gasteiger partial charge in [0, 0.05) is 64.5 Å². The molecule has 0 spiro atoms. The van der Waals surface area contributed by atoms with Crippen LogP contribution in [0.5, 0.6) is 0 Å². The van der Waals surface area contributed by atoms with Crippen LogP contribution >= 0.6 is 11.3 Å². The van der Waals surface area contributed by atoms with Crippen molar-refractivity contribution in [2.45, 2.75) is 0 Å². The number of hydrogen-bond donors (Lipinski definition) is 0. The number of thiophene rings is 1. The molecular formula is C48H30N2OS. The third-order valence-electron chi connectivity index (χ3n) is 10.3. The Morgan fingerprint density at radius 1 is 0.442 bits per heavy atom. The summed E-state index contributed by atoms with van der Waals surface area (Å²) in [5, 5.41) is 7.30. The normalized spacial score (nSPS) is 11.8. The Morgan fingerprint density at radius 2 is 1.12 bits per heavy atom. The summed E-state index contributed by atoms with van der Waals surface area (Å²) in [6.07, 6.45) is 0. The second-order valence-corrected chi connectivity index (χ2v) is 14.4.